The van der Waals surface area contributed by atoms with Crippen LogP contribution in [0, 0.1) is 18.7 Å². The fourth-order valence-electron chi connectivity index (χ4n) is 8.58. The number of nitrogens with zero attached hydrogens (tertiary/aromatic N) is 3. The predicted molar refractivity (Wildman–Crippen MR) is 174 cm³/mol. The van der Waals surface area contributed by atoms with E-state index in [1.165, 1.54) is 7.11 Å². The van der Waals surface area contributed by atoms with Gasteiger partial charge in [0.15, 0.2) is 0 Å². The lowest BCUT2D eigenvalue weighted by molar-refractivity contribution is -0.129. The van der Waals surface area contributed by atoms with E-state index in [-0.39, 0.29) is 36.4 Å². The second-order valence-electron chi connectivity index (χ2n) is 12.7. The summed E-state index contributed by atoms with van der Waals surface area (Å²) in [7, 11) is 1.37. The first-order chi connectivity index (χ1) is 21.2. The second kappa shape index (κ2) is 10.5. The Morgan fingerprint density at radius 1 is 1.16 bits per heavy atom. The number of hydrogen-bond donors (Lipinski definition) is 1. The van der Waals surface area contributed by atoms with Crippen molar-refractivity contribution in [1.82, 2.24) is 14.5 Å². The zero-order chi connectivity index (χ0) is 30.7. The van der Waals surface area contributed by atoms with Gasteiger partial charge in [-0.25, -0.2) is 14.2 Å². The number of carbonyl (C=O) groups is 2. The molecule has 3 aromatic carbocycles. The summed E-state index contributed by atoms with van der Waals surface area (Å²) in [6, 6.07) is 14.1. The van der Waals surface area contributed by atoms with Gasteiger partial charge < -0.3 is 14.6 Å². The van der Waals surface area contributed by atoms with E-state index in [4.69, 9.17) is 32.9 Å². The maximum absolute atomic E-state index is 16.4. The van der Waals surface area contributed by atoms with E-state index in [0.717, 1.165) is 47.2 Å². The number of benzene rings is 3. The summed E-state index contributed by atoms with van der Waals surface area (Å²) in [5, 5.41) is 3.68. The lowest BCUT2D eigenvalue weighted by Crippen LogP contribution is -2.56. The number of rotatable bonds is 4. The van der Waals surface area contributed by atoms with Crippen LogP contribution in [-0.2, 0) is 21.6 Å². The molecule has 2 fully saturated rings. The third-order valence-electron chi connectivity index (χ3n) is 10.5. The number of carbonyl (C=O) groups excluding carboxylic acids is 2. The van der Waals surface area contributed by atoms with Gasteiger partial charge in [-0.2, -0.15) is 0 Å². The summed E-state index contributed by atoms with van der Waals surface area (Å²) in [6.07, 6.45) is 2.90. The topological polar surface area (TPSA) is 76.5 Å². The van der Waals surface area contributed by atoms with E-state index >= 15 is 4.39 Å². The Kier molecular flexibility index (Phi) is 7.08. The van der Waals surface area contributed by atoms with Gasteiger partial charge in [0.2, 0.25) is 5.91 Å². The molecular weight excluding hydrogens is 614 g/mol. The third-order valence-corrected chi connectivity index (χ3v) is 11.0. The van der Waals surface area contributed by atoms with Gasteiger partial charge in [-0.1, -0.05) is 48.8 Å². The molecule has 4 aromatic rings. The van der Waals surface area contributed by atoms with Crippen LogP contribution < -0.4 is 5.32 Å². The molecule has 4 heterocycles. The Hall–Kier alpha value is -3.46. The molecule has 8 rings (SSSR count). The van der Waals surface area contributed by atoms with Gasteiger partial charge in [0, 0.05) is 46.7 Å². The van der Waals surface area contributed by atoms with Crippen molar-refractivity contribution in [1.29, 1.82) is 0 Å². The first-order valence-corrected chi connectivity index (χ1v) is 15.8. The molecule has 1 unspecified atom stereocenters. The number of fused-ring (bicyclic) bond motifs is 7. The number of aryl methyl sites for hydroxylation is 2. The Bertz CT molecular complexity index is 1910. The number of aromatic nitrogens is 2. The van der Waals surface area contributed by atoms with E-state index in [1.807, 2.05) is 25.1 Å². The van der Waals surface area contributed by atoms with Gasteiger partial charge in [-0.15, -0.1) is 0 Å². The highest BCUT2D eigenvalue weighted by molar-refractivity contribution is 6.31. The van der Waals surface area contributed by atoms with Gasteiger partial charge in [-0.3, -0.25) is 9.69 Å². The molecule has 234 valence electrons. The molecule has 4 aliphatic rings. The summed E-state index contributed by atoms with van der Waals surface area (Å²) in [5.41, 5.74) is 3.53. The highest BCUT2D eigenvalue weighted by Gasteiger charge is 2.70. The molecule has 45 heavy (non-hydrogen) atoms. The van der Waals surface area contributed by atoms with Crippen molar-refractivity contribution >= 4 is 51.8 Å². The molecule has 0 bridgehead atoms. The fourth-order valence-corrected chi connectivity index (χ4v) is 8.93. The first-order valence-electron chi connectivity index (χ1n) is 15.1. The quantitative estimate of drug-likeness (QED) is 0.228. The average molecular weight is 650 g/mol. The highest BCUT2D eigenvalue weighted by Crippen LogP contribution is 2.65. The van der Waals surface area contributed by atoms with Crippen LogP contribution in [0.4, 0.5) is 10.1 Å². The number of likely N-dealkylation sites (tertiary alicyclic amines) is 1. The normalized spacial score (nSPS) is 25.8. The molecule has 1 amide bonds. The molecule has 3 aliphatic heterocycles. The Morgan fingerprint density at radius 2 is 1.93 bits per heavy atom. The number of ether oxygens (including phenoxy) is 1. The van der Waals surface area contributed by atoms with Gasteiger partial charge in [-0.05, 0) is 80.5 Å². The standard InChI is InChI=1S/C34H31Cl2FN4O3.CH4/c1-16-13-19(32(42)44-3)14-26-30(16)39-31-27-25(11-12-40(26)31)41(17(2)18-7-8-18)34(28(27)21-5-4-6-23(36)29(21)37)22-10-9-20(35)15-24(22)38-33(34)43;/h4-6,9-10,13-15,17-18,25,27-28H,7-8,11-12H2,1-3H3,(H,38,43);1H4/t17?,25-,27+,28-,34+;/m0./s1. The maximum Gasteiger partial charge on any atom is 0.337 e. The number of nitrogens with one attached hydrogen (secondary N) is 1. The van der Waals surface area contributed by atoms with Gasteiger partial charge >= 0.3 is 5.97 Å². The Morgan fingerprint density at radius 3 is 2.67 bits per heavy atom. The van der Waals surface area contributed by atoms with E-state index in [1.54, 1.807) is 30.3 Å². The molecule has 1 aliphatic carbocycles. The predicted octanol–water partition coefficient (Wildman–Crippen LogP) is 7.81. The minimum atomic E-state index is -1.22. The largest absolute Gasteiger partial charge is 0.465 e. The van der Waals surface area contributed by atoms with Crippen LogP contribution in [-0.4, -0.2) is 45.5 Å². The van der Waals surface area contributed by atoms with Gasteiger partial charge in [0.25, 0.3) is 0 Å². The molecule has 7 nitrogen and oxygen atoms in total. The van der Waals surface area contributed by atoms with E-state index in [2.05, 4.69) is 21.7 Å². The van der Waals surface area contributed by atoms with Crippen molar-refractivity contribution in [2.24, 2.45) is 5.92 Å². The number of methoxy groups -OCH3 is 1. The van der Waals surface area contributed by atoms with E-state index < -0.39 is 23.2 Å². The number of imidazole rings is 1. The Balaban J connectivity index is 0.00000325. The smallest absolute Gasteiger partial charge is 0.337 e. The van der Waals surface area contributed by atoms with Gasteiger partial charge in [0.1, 0.15) is 17.2 Å². The SMILES string of the molecule is C.COC(=O)c1cc(C)c2nc3n(c2c1)CC[C@H]1[C@@H]3[C@H](c2cccc(Cl)c2F)[C@]2(C(=O)Nc3cc(Cl)ccc32)N1C(C)C1CC1. The molecule has 10 heteroatoms. The number of anilines is 1. The van der Waals surface area contributed by atoms with Crippen molar-refractivity contribution in [3.8, 4) is 0 Å². The van der Waals surface area contributed by atoms with Gasteiger partial charge in [0.05, 0.1) is 28.7 Å². The molecule has 1 saturated heterocycles. The van der Waals surface area contributed by atoms with Crippen LogP contribution in [0.15, 0.2) is 48.5 Å². The van der Waals surface area contributed by atoms with Crippen LogP contribution >= 0.6 is 23.2 Å². The van der Waals surface area contributed by atoms with E-state index in [9.17, 15) is 9.59 Å². The zero-order valence-corrected chi connectivity index (χ0v) is 26.0. The minimum absolute atomic E-state index is 0. The monoisotopic (exact) mass is 648 g/mol. The van der Waals surface area contributed by atoms with Crippen molar-refractivity contribution < 1.29 is 18.7 Å². The average Bonchev–Trinajstić information content (AvgIpc) is 3.65. The molecular formula is C35H35Cl2FN4O3. The number of halogens is 3. The highest BCUT2D eigenvalue weighted by atomic mass is 35.5. The molecule has 1 spiro atoms. The summed E-state index contributed by atoms with van der Waals surface area (Å²) < 4.78 is 23.5. The lowest BCUT2D eigenvalue weighted by atomic mass is 9.70. The van der Waals surface area contributed by atoms with Crippen LogP contribution in [0.5, 0.6) is 0 Å². The van der Waals surface area contributed by atoms with Crippen molar-refractivity contribution in [2.45, 2.75) is 76.5 Å². The fraction of sp³-hybridized carbons (Fsp3) is 0.400. The lowest BCUT2D eigenvalue weighted by Gasteiger charge is -2.43. The van der Waals surface area contributed by atoms with Crippen molar-refractivity contribution in [3.05, 3.63) is 92.5 Å². The van der Waals surface area contributed by atoms with Crippen molar-refractivity contribution in [2.75, 3.05) is 12.4 Å². The van der Waals surface area contributed by atoms with E-state index in [0.29, 0.717) is 34.3 Å². The summed E-state index contributed by atoms with van der Waals surface area (Å²) >= 11 is 12.9. The number of amides is 1. The number of hydrogen-bond acceptors (Lipinski definition) is 5. The number of esters is 1. The second-order valence-corrected chi connectivity index (χ2v) is 13.5. The molecule has 5 atom stereocenters. The maximum atomic E-state index is 16.4. The minimum Gasteiger partial charge on any atom is -0.465 e. The molecule has 1 N–H and O–H groups in total. The third kappa shape index (κ3) is 4.08. The van der Waals surface area contributed by atoms with Crippen molar-refractivity contribution in [3.63, 3.8) is 0 Å². The summed E-state index contributed by atoms with van der Waals surface area (Å²) in [4.78, 5) is 34.9. The van der Waals surface area contributed by atoms with Crippen LogP contribution in [0.25, 0.3) is 11.0 Å². The molecule has 1 aromatic heterocycles. The van der Waals surface area contributed by atoms with Crippen LogP contribution in [0.2, 0.25) is 10.0 Å². The summed E-state index contributed by atoms with van der Waals surface area (Å²) in [6.45, 7) is 4.78. The van der Waals surface area contributed by atoms with Crippen LogP contribution in [0.3, 0.4) is 0 Å². The summed E-state index contributed by atoms with van der Waals surface area (Å²) in [5.74, 6) is -0.903. The molecule has 1 saturated carbocycles. The van der Waals surface area contributed by atoms with Crippen LogP contribution in [0.1, 0.15) is 78.3 Å². The Labute approximate surface area is 271 Å². The zero-order valence-electron chi connectivity index (χ0n) is 24.5. The first kappa shape index (κ1) is 30.2. The molecule has 0 radical (unpaired) electrons.